The number of hydrogen-bond donors (Lipinski definition) is 1. The molecule has 0 aliphatic heterocycles. The van der Waals surface area contributed by atoms with Gasteiger partial charge in [-0.15, -0.1) is 0 Å². The zero-order valence-corrected chi connectivity index (χ0v) is 23.2. The second-order valence-corrected chi connectivity index (χ2v) is 16.0. The normalized spacial score (nSPS) is 14.5. The van der Waals surface area contributed by atoms with Gasteiger partial charge in [0.15, 0.2) is 3.16 Å². The molecular weight excluding hydrogens is 534 g/mol. The highest BCUT2D eigenvalue weighted by Crippen LogP contribution is 2.70. The van der Waals surface area contributed by atoms with Crippen LogP contribution in [-0.2, 0) is 0 Å². The Morgan fingerprint density at radius 1 is 0.667 bits per heavy atom. The summed E-state index contributed by atoms with van der Waals surface area (Å²) in [7, 11) is -2.15. The van der Waals surface area contributed by atoms with E-state index in [1.165, 1.54) is 54.4 Å². The maximum atomic E-state index is 11.8. The minimum atomic E-state index is -2.15. The molecule has 33 heavy (non-hydrogen) atoms. The van der Waals surface area contributed by atoms with Crippen LogP contribution in [0.3, 0.4) is 0 Å². The Morgan fingerprint density at radius 3 is 1.42 bits per heavy atom. The molecule has 3 rings (SSSR count). The minimum absolute atomic E-state index is 0.336. The topological polar surface area (TPSA) is 20.2 Å². The zero-order valence-electron chi connectivity index (χ0n) is 20.2. The molecule has 3 heteroatoms. The van der Waals surface area contributed by atoms with E-state index in [-0.39, 0.29) is 9.27 Å². The van der Waals surface area contributed by atoms with Gasteiger partial charge in [0.1, 0.15) is 29.3 Å². The molecule has 2 atom stereocenters. The standard InChI is InChI=1S/C30H39IOP/c1-3-4-5-6-7-8-18-25-29(32)30(2,31)33(26-19-12-9-13-20-26,27-21-14-10-15-22-27)28-23-16-11-17-24-28/h9-17,19-24,29,32H,3-8,18,25H2,1-2H3/q+1. The van der Waals surface area contributed by atoms with Gasteiger partial charge in [0, 0.05) is 0 Å². The smallest absolute Gasteiger partial charge is 0.166 e. The Hall–Kier alpha value is -1.22. The third-order valence-corrected chi connectivity index (χ3v) is 14.5. The molecule has 0 aromatic heterocycles. The van der Waals surface area contributed by atoms with E-state index in [0.29, 0.717) is 0 Å². The summed E-state index contributed by atoms with van der Waals surface area (Å²) in [4.78, 5) is 0. The first kappa shape index (κ1) is 26.4. The van der Waals surface area contributed by atoms with Crippen molar-refractivity contribution < 1.29 is 5.11 Å². The van der Waals surface area contributed by atoms with Crippen LogP contribution in [0.2, 0.25) is 0 Å². The van der Waals surface area contributed by atoms with Crippen LogP contribution < -0.4 is 15.9 Å². The molecule has 0 spiro atoms. The van der Waals surface area contributed by atoms with Crippen LogP contribution in [0, 0.1) is 0 Å². The van der Waals surface area contributed by atoms with Crippen molar-refractivity contribution >= 4 is 45.8 Å². The van der Waals surface area contributed by atoms with Crippen LogP contribution in [0.15, 0.2) is 91.0 Å². The van der Waals surface area contributed by atoms with Crippen LogP contribution in [-0.4, -0.2) is 14.4 Å². The number of benzene rings is 3. The Labute approximate surface area is 215 Å². The molecule has 1 N–H and O–H groups in total. The highest BCUT2D eigenvalue weighted by Gasteiger charge is 2.62. The molecule has 0 aliphatic rings. The fourth-order valence-electron chi connectivity index (χ4n) is 4.94. The molecule has 0 saturated carbocycles. The Balaban J connectivity index is 1.98. The predicted molar refractivity (Wildman–Crippen MR) is 156 cm³/mol. The molecule has 2 unspecified atom stereocenters. The number of aliphatic hydroxyl groups is 1. The summed E-state index contributed by atoms with van der Waals surface area (Å²) >= 11 is 2.61. The molecule has 0 radical (unpaired) electrons. The van der Waals surface area contributed by atoms with Gasteiger partial charge in [0.25, 0.3) is 0 Å². The van der Waals surface area contributed by atoms with Gasteiger partial charge in [-0.3, -0.25) is 0 Å². The maximum absolute atomic E-state index is 11.8. The number of alkyl halides is 1. The van der Waals surface area contributed by atoms with E-state index in [2.05, 4.69) is 127 Å². The SMILES string of the molecule is CCCCCCCCCC(O)C(C)(I)[P+](c1ccccc1)(c1ccccc1)c1ccccc1. The fourth-order valence-corrected chi connectivity index (χ4v) is 12.6. The van der Waals surface area contributed by atoms with Crippen molar-refractivity contribution in [2.75, 3.05) is 0 Å². The lowest BCUT2D eigenvalue weighted by molar-refractivity contribution is 0.155. The van der Waals surface area contributed by atoms with E-state index in [0.717, 1.165) is 12.8 Å². The van der Waals surface area contributed by atoms with Gasteiger partial charge in [-0.2, -0.15) is 0 Å². The Morgan fingerprint density at radius 2 is 1.03 bits per heavy atom. The lowest BCUT2D eigenvalue weighted by atomic mass is 10.1. The largest absolute Gasteiger partial charge is 0.388 e. The fraction of sp³-hybridized carbons (Fsp3) is 0.400. The molecular formula is C30H39IOP+. The third-order valence-electron chi connectivity index (χ3n) is 6.78. The maximum Gasteiger partial charge on any atom is 0.166 e. The Kier molecular flexibility index (Phi) is 10.4. The summed E-state index contributed by atoms with van der Waals surface area (Å²) in [6.45, 7) is 4.55. The monoisotopic (exact) mass is 573 g/mol. The van der Waals surface area contributed by atoms with E-state index in [4.69, 9.17) is 0 Å². The number of halogens is 1. The van der Waals surface area contributed by atoms with Crippen LogP contribution in [0.5, 0.6) is 0 Å². The van der Waals surface area contributed by atoms with Crippen molar-refractivity contribution in [3.05, 3.63) is 91.0 Å². The van der Waals surface area contributed by atoms with Crippen molar-refractivity contribution in [2.45, 2.75) is 74.5 Å². The first-order valence-electron chi connectivity index (χ1n) is 12.5. The quantitative estimate of drug-likeness (QED) is 0.0965. The van der Waals surface area contributed by atoms with Crippen molar-refractivity contribution in [3.63, 3.8) is 0 Å². The molecule has 0 fully saturated rings. The average Bonchev–Trinajstić information content (AvgIpc) is 2.85. The molecule has 0 bridgehead atoms. The third kappa shape index (κ3) is 6.08. The second kappa shape index (κ2) is 13.0. The van der Waals surface area contributed by atoms with Crippen LogP contribution >= 0.6 is 29.9 Å². The highest BCUT2D eigenvalue weighted by atomic mass is 127. The first-order valence-corrected chi connectivity index (χ1v) is 15.3. The van der Waals surface area contributed by atoms with Gasteiger partial charge in [-0.1, -0.05) is 106 Å². The highest BCUT2D eigenvalue weighted by molar-refractivity contribution is 14.1. The van der Waals surface area contributed by atoms with Gasteiger partial charge in [0.2, 0.25) is 0 Å². The van der Waals surface area contributed by atoms with Crippen molar-refractivity contribution in [2.24, 2.45) is 0 Å². The van der Waals surface area contributed by atoms with E-state index in [9.17, 15) is 5.11 Å². The second-order valence-electron chi connectivity index (χ2n) is 9.13. The van der Waals surface area contributed by atoms with Gasteiger partial charge in [0.05, 0.1) is 0 Å². The summed E-state index contributed by atoms with van der Waals surface area (Å²) in [5.74, 6) is 0. The van der Waals surface area contributed by atoms with Crippen LogP contribution in [0.1, 0.15) is 65.2 Å². The number of hydrogen-bond acceptors (Lipinski definition) is 1. The Bertz CT molecular complexity index is 831. The number of unbranched alkanes of at least 4 members (excludes halogenated alkanes) is 6. The molecule has 0 saturated heterocycles. The lowest BCUT2D eigenvalue weighted by Gasteiger charge is -2.41. The summed E-state index contributed by atoms with van der Waals surface area (Å²) in [6.07, 6.45) is 9.33. The molecule has 176 valence electrons. The molecule has 1 nitrogen and oxygen atoms in total. The van der Waals surface area contributed by atoms with Crippen LogP contribution in [0.25, 0.3) is 0 Å². The average molecular weight is 574 g/mol. The van der Waals surface area contributed by atoms with E-state index < -0.39 is 7.26 Å². The van der Waals surface area contributed by atoms with Crippen molar-refractivity contribution in [1.29, 1.82) is 0 Å². The van der Waals surface area contributed by atoms with Gasteiger partial charge < -0.3 is 5.11 Å². The van der Waals surface area contributed by atoms with Gasteiger partial charge in [-0.25, -0.2) is 0 Å². The molecule has 3 aromatic rings. The molecule has 0 heterocycles. The van der Waals surface area contributed by atoms with E-state index in [1.807, 2.05) is 0 Å². The summed E-state index contributed by atoms with van der Waals surface area (Å²) in [5, 5.41) is 15.8. The molecule has 3 aromatic carbocycles. The summed E-state index contributed by atoms with van der Waals surface area (Å²) in [5.41, 5.74) is 0. The number of aliphatic hydroxyl groups excluding tert-OH is 1. The van der Waals surface area contributed by atoms with Crippen LogP contribution in [0.4, 0.5) is 0 Å². The molecule has 0 amide bonds. The zero-order chi connectivity index (χ0) is 23.6. The predicted octanol–water partition coefficient (Wildman–Crippen LogP) is 7.63. The van der Waals surface area contributed by atoms with E-state index in [1.54, 1.807) is 0 Å². The van der Waals surface area contributed by atoms with Crippen molar-refractivity contribution in [3.8, 4) is 0 Å². The summed E-state index contributed by atoms with van der Waals surface area (Å²) < 4.78 is -0.336. The minimum Gasteiger partial charge on any atom is -0.388 e. The van der Waals surface area contributed by atoms with Gasteiger partial charge in [-0.05, 0) is 72.3 Å². The molecule has 0 aliphatic carbocycles. The van der Waals surface area contributed by atoms with E-state index >= 15 is 0 Å². The van der Waals surface area contributed by atoms with Crippen molar-refractivity contribution in [1.82, 2.24) is 0 Å². The first-order chi connectivity index (χ1) is 16.0. The summed E-state index contributed by atoms with van der Waals surface area (Å²) in [6, 6.07) is 32.8. The number of rotatable bonds is 13. The lowest BCUT2D eigenvalue weighted by Crippen LogP contribution is -2.48. The van der Waals surface area contributed by atoms with Gasteiger partial charge >= 0.3 is 0 Å².